The summed E-state index contributed by atoms with van der Waals surface area (Å²) >= 11 is 2.71. The Morgan fingerprint density at radius 1 is 1.47 bits per heavy atom. The molecule has 17 heavy (non-hydrogen) atoms. The van der Waals surface area contributed by atoms with E-state index >= 15 is 0 Å². The standard InChI is InChI=1S/C11H12FN3S2/c1-6(13)10-8(12)4-3-5-9(10)16-11-14-7(2)15-17-11/h3-6H,13H2,1-2H3. The molecule has 0 fully saturated rings. The Bertz CT molecular complexity index is 525. The summed E-state index contributed by atoms with van der Waals surface area (Å²) in [5.41, 5.74) is 6.32. The van der Waals surface area contributed by atoms with Gasteiger partial charge in [0.15, 0.2) is 4.34 Å². The Kier molecular flexibility index (Phi) is 3.76. The molecule has 2 rings (SSSR count). The number of nitrogens with zero attached hydrogens (tertiary/aromatic N) is 2. The normalized spacial score (nSPS) is 12.7. The Balaban J connectivity index is 2.35. The molecule has 0 aliphatic carbocycles. The van der Waals surface area contributed by atoms with E-state index < -0.39 is 0 Å². The summed E-state index contributed by atoms with van der Waals surface area (Å²) in [6.07, 6.45) is 0. The van der Waals surface area contributed by atoms with Crippen LogP contribution in [-0.2, 0) is 0 Å². The second-order valence-electron chi connectivity index (χ2n) is 3.65. The lowest BCUT2D eigenvalue weighted by Crippen LogP contribution is -2.08. The van der Waals surface area contributed by atoms with E-state index in [1.54, 1.807) is 13.0 Å². The van der Waals surface area contributed by atoms with Crippen LogP contribution in [0.1, 0.15) is 24.4 Å². The summed E-state index contributed by atoms with van der Waals surface area (Å²) < 4.78 is 18.6. The zero-order valence-corrected chi connectivity index (χ0v) is 11.1. The highest BCUT2D eigenvalue weighted by Crippen LogP contribution is 2.34. The van der Waals surface area contributed by atoms with Crippen LogP contribution in [0.15, 0.2) is 27.4 Å². The number of rotatable bonds is 3. The predicted molar refractivity (Wildman–Crippen MR) is 67.8 cm³/mol. The van der Waals surface area contributed by atoms with E-state index in [0.717, 1.165) is 15.1 Å². The quantitative estimate of drug-likeness (QED) is 0.930. The van der Waals surface area contributed by atoms with Gasteiger partial charge in [-0.25, -0.2) is 9.37 Å². The van der Waals surface area contributed by atoms with Crippen LogP contribution in [0.4, 0.5) is 4.39 Å². The molecule has 1 aromatic carbocycles. The Hall–Kier alpha value is -0.980. The van der Waals surface area contributed by atoms with E-state index in [2.05, 4.69) is 9.36 Å². The van der Waals surface area contributed by atoms with E-state index in [1.807, 2.05) is 13.0 Å². The van der Waals surface area contributed by atoms with Crippen molar-refractivity contribution in [3.8, 4) is 0 Å². The zero-order chi connectivity index (χ0) is 12.4. The predicted octanol–water partition coefficient (Wildman–Crippen LogP) is 3.16. The monoisotopic (exact) mass is 269 g/mol. The number of halogens is 1. The van der Waals surface area contributed by atoms with Crippen molar-refractivity contribution >= 4 is 23.3 Å². The minimum Gasteiger partial charge on any atom is -0.324 e. The molecule has 2 aromatic rings. The molecule has 0 aliphatic heterocycles. The van der Waals surface area contributed by atoms with Crippen molar-refractivity contribution in [3.05, 3.63) is 35.4 Å². The van der Waals surface area contributed by atoms with Gasteiger partial charge in [0.1, 0.15) is 11.6 Å². The van der Waals surface area contributed by atoms with Gasteiger partial charge in [0.25, 0.3) is 0 Å². The van der Waals surface area contributed by atoms with E-state index in [4.69, 9.17) is 5.73 Å². The maximum atomic E-state index is 13.7. The van der Waals surface area contributed by atoms with Gasteiger partial charge in [-0.1, -0.05) is 17.8 Å². The molecule has 1 aromatic heterocycles. The molecule has 0 radical (unpaired) electrons. The highest BCUT2D eigenvalue weighted by atomic mass is 32.2. The number of benzene rings is 1. The lowest BCUT2D eigenvalue weighted by molar-refractivity contribution is 0.585. The van der Waals surface area contributed by atoms with Gasteiger partial charge < -0.3 is 5.73 Å². The lowest BCUT2D eigenvalue weighted by atomic mass is 10.1. The van der Waals surface area contributed by atoms with Crippen LogP contribution < -0.4 is 5.73 Å². The number of aryl methyl sites for hydroxylation is 1. The number of hydrogen-bond donors (Lipinski definition) is 1. The van der Waals surface area contributed by atoms with Crippen LogP contribution in [0, 0.1) is 12.7 Å². The van der Waals surface area contributed by atoms with Crippen molar-refractivity contribution in [2.24, 2.45) is 5.73 Å². The zero-order valence-electron chi connectivity index (χ0n) is 9.48. The van der Waals surface area contributed by atoms with Crippen LogP contribution in [0.3, 0.4) is 0 Å². The average molecular weight is 269 g/mol. The van der Waals surface area contributed by atoms with Crippen LogP contribution in [0.25, 0.3) is 0 Å². The molecule has 1 heterocycles. The maximum Gasteiger partial charge on any atom is 0.174 e. The van der Waals surface area contributed by atoms with Gasteiger partial charge in [-0.05, 0) is 37.5 Å². The molecular weight excluding hydrogens is 257 g/mol. The fourth-order valence-corrected chi connectivity index (χ4v) is 3.32. The second kappa shape index (κ2) is 5.12. The fraction of sp³-hybridized carbons (Fsp3) is 0.273. The molecule has 0 bridgehead atoms. The number of hydrogen-bond acceptors (Lipinski definition) is 5. The topological polar surface area (TPSA) is 51.8 Å². The molecular formula is C11H12FN3S2. The molecule has 0 saturated carbocycles. The highest BCUT2D eigenvalue weighted by Gasteiger charge is 2.14. The molecule has 1 atom stereocenters. The Morgan fingerprint density at radius 3 is 2.82 bits per heavy atom. The summed E-state index contributed by atoms with van der Waals surface area (Å²) in [7, 11) is 0. The van der Waals surface area contributed by atoms with Gasteiger partial charge in [-0.2, -0.15) is 4.37 Å². The molecule has 6 heteroatoms. The number of nitrogens with two attached hydrogens (primary N) is 1. The van der Waals surface area contributed by atoms with Crippen LogP contribution in [-0.4, -0.2) is 9.36 Å². The Labute approximate surface area is 107 Å². The molecule has 0 spiro atoms. The third-order valence-electron chi connectivity index (χ3n) is 2.17. The molecule has 90 valence electrons. The van der Waals surface area contributed by atoms with E-state index in [-0.39, 0.29) is 11.9 Å². The van der Waals surface area contributed by atoms with Gasteiger partial charge in [-0.15, -0.1) is 0 Å². The lowest BCUT2D eigenvalue weighted by Gasteiger charge is -2.11. The van der Waals surface area contributed by atoms with Gasteiger partial charge in [0.05, 0.1) is 0 Å². The second-order valence-corrected chi connectivity index (χ2v) is 5.69. The first-order valence-corrected chi connectivity index (χ1v) is 6.69. The number of aromatic nitrogens is 2. The first-order chi connectivity index (χ1) is 8.08. The summed E-state index contributed by atoms with van der Waals surface area (Å²) in [5, 5.41) is 0. The molecule has 0 amide bonds. The van der Waals surface area contributed by atoms with Crippen molar-refractivity contribution in [2.45, 2.75) is 29.1 Å². The molecule has 3 nitrogen and oxygen atoms in total. The minimum atomic E-state index is -0.340. The van der Waals surface area contributed by atoms with Crippen LogP contribution >= 0.6 is 23.3 Å². The maximum absolute atomic E-state index is 13.7. The average Bonchev–Trinajstić information content (AvgIpc) is 2.63. The van der Waals surface area contributed by atoms with Crippen molar-refractivity contribution < 1.29 is 4.39 Å². The van der Waals surface area contributed by atoms with Gasteiger partial charge in [-0.3, -0.25) is 0 Å². The summed E-state index contributed by atoms with van der Waals surface area (Å²) in [4.78, 5) is 5.05. The van der Waals surface area contributed by atoms with E-state index in [0.29, 0.717) is 5.56 Å². The molecule has 0 saturated heterocycles. The third kappa shape index (κ3) is 2.83. The third-order valence-corrected chi connectivity index (χ3v) is 4.09. The summed E-state index contributed by atoms with van der Waals surface area (Å²) in [6, 6.07) is 4.61. The molecule has 2 N–H and O–H groups in total. The fourth-order valence-electron chi connectivity index (χ4n) is 1.46. The molecule has 1 unspecified atom stereocenters. The van der Waals surface area contributed by atoms with Crippen molar-refractivity contribution in [1.29, 1.82) is 0 Å². The summed E-state index contributed by atoms with van der Waals surface area (Å²) in [6.45, 7) is 3.60. The largest absolute Gasteiger partial charge is 0.324 e. The van der Waals surface area contributed by atoms with Gasteiger partial charge in [0.2, 0.25) is 0 Å². The Morgan fingerprint density at radius 2 is 2.24 bits per heavy atom. The highest BCUT2D eigenvalue weighted by molar-refractivity contribution is 8.01. The van der Waals surface area contributed by atoms with Crippen LogP contribution in [0.5, 0.6) is 0 Å². The van der Waals surface area contributed by atoms with Gasteiger partial charge >= 0.3 is 0 Å². The van der Waals surface area contributed by atoms with E-state index in [9.17, 15) is 4.39 Å². The van der Waals surface area contributed by atoms with E-state index in [1.165, 1.54) is 29.4 Å². The van der Waals surface area contributed by atoms with Crippen molar-refractivity contribution in [1.82, 2.24) is 9.36 Å². The minimum absolute atomic E-state index is 0.272. The SMILES string of the molecule is Cc1nsc(Sc2cccc(F)c2C(C)N)n1. The summed E-state index contributed by atoms with van der Waals surface area (Å²) in [5.74, 6) is 0.461. The molecule has 0 aliphatic rings. The van der Waals surface area contributed by atoms with Crippen molar-refractivity contribution in [2.75, 3.05) is 0 Å². The first-order valence-electron chi connectivity index (χ1n) is 5.10. The first kappa shape index (κ1) is 12.5. The van der Waals surface area contributed by atoms with Gasteiger partial charge in [0, 0.05) is 16.5 Å². The smallest absolute Gasteiger partial charge is 0.174 e. The van der Waals surface area contributed by atoms with Crippen molar-refractivity contribution in [3.63, 3.8) is 0 Å². The van der Waals surface area contributed by atoms with Crippen LogP contribution in [0.2, 0.25) is 0 Å².